The summed E-state index contributed by atoms with van der Waals surface area (Å²) < 4.78 is 6.80. The van der Waals surface area contributed by atoms with Crippen molar-refractivity contribution >= 4 is 29.8 Å². The minimum Gasteiger partial charge on any atom is -0.497 e. The molecule has 0 radical (unpaired) electrons. The first-order valence-electron chi connectivity index (χ1n) is 8.37. The minimum atomic E-state index is -0.0599. The number of methoxy groups -OCH3 is 1. The molecule has 9 heteroatoms. The van der Waals surface area contributed by atoms with Crippen LogP contribution in [0.5, 0.6) is 5.75 Å². The van der Waals surface area contributed by atoms with E-state index in [1.807, 2.05) is 38.1 Å². The monoisotopic (exact) mass is 390 g/mol. The van der Waals surface area contributed by atoms with Gasteiger partial charge in [-0.2, -0.15) is 4.98 Å². The van der Waals surface area contributed by atoms with Gasteiger partial charge < -0.3 is 15.8 Å². The van der Waals surface area contributed by atoms with Gasteiger partial charge in [-0.1, -0.05) is 0 Å². The molecule has 0 bridgehead atoms. The number of aromatic nitrogens is 4. The van der Waals surface area contributed by atoms with Gasteiger partial charge in [-0.25, -0.2) is 9.50 Å². The molecule has 0 aliphatic carbocycles. The number of amides is 1. The predicted octanol–water partition coefficient (Wildman–Crippen LogP) is 2.20. The lowest BCUT2D eigenvalue weighted by Gasteiger charge is -2.11. The van der Waals surface area contributed by atoms with Crippen LogP contribution in [0.25, 0.3) is 5.78 Å². The molecule has 3 N–H and O–H groups in total. The highest BCUT2D eigenvalue weighted by Crippen LogP contribution is 2.18. The van der Waals surface area contributed by atoms with Crippen molar-refractivity contribution in [3.63, 3.8) is 0 Å². The molecule has 8 nitrogen and oxygen atoms in total. The molecule has 0 saturated carbocycles. The summed E-state index contributed by atoms with van der Waals surface area (Å²) >= 11 is 0. The number of nitrogens with two attached hydrogens (primary N) is 1. The molecule has 0 fully saturated rings. The first-order chi connectivity index (χ1) is 12.5. The summed E-state index contributed by atoms with van der Waals surface area (Å²) in [7, 11) is 1.61. The van der Waals surface area contributed by atoms with Crippen LogP contribution in [-0.4, -0.2) is 32.6 Å². The Kier molecular flexibility index (Phi) is 6.70. The van der Waals surface area contributed by atoms with Gasteiger partial charge in [0.25, 0.3) is 5.78 Å². The highest BCUT2D eigenvalue weighted by Gasteiger charge is 2.14. The lowest BCUT2D eigenvalue weighted by atomic mass is 10.1. The van der Waals surface area contributed by atoms with Gasteiger partial charge in [-0.15, -0.1) is 17.5 Å². The number of carbonyl (C=O) groups excluding carboxylic acids is 1. The molecular weight excluding hydrogens is 368 g/mol. The van der Waals surface area contributed by atoms with Crippen molar-refractivity contribution in [2.75, 3.05) is 12.4 Å². The molecular formula is C18H23ClN6O2. The summed E-state index contributed by atoms with van der Waals surface area (Å²) in [6, 6.07) is 7.23. The van der Waals surface area contributed by atoms with E-state index in [9.17, 15) is 4.79 Å². The second kappa shape index (κ2) is 8.79. The molecule has 3 aromatic rings. The smallest absolute Gasteiger partial charge is 0.252 e. The number of anilines is 1. The first-order valence-corrected chi connectivity index (χ1v) is 8.37. The molecule has 27 heavy (non-hydrogen) atoms. The molecule has 144 valence electrons. The average molecular weight is 391 g/mol. The molecule has 0 aliphatic rings. The quantitative estimate of drug-likeness (QED) is 0.668. The zero-order valence-corrected chi connectivity index (χ0v) is 16.3. The van der Waals surface area contributed by atoms with E-state index in [2.05, 4.69) is 20.4 Å². The fourth-order valence-corrected chi connectivity index (χ4v) is 2.83. The fraction of sp³-hybridized carbons (Fsp3) is 0.333. The third-order valence-corrected chi connectivity index (χ3v) is 4.25. The molecule has 0 aliphatic heterocycles. The van der Waals surface area contributed by atoms with Crippen molar-refractivity contribution in [3.8, 4) is 5.75 Å². The van der Waals surface area contributed by atoms with E-state index >= 15 is 0 Å². The van der Waals surface area contributed by atoms with Gasteiger partial charge in [0, 0.05) is 23.5 Å². The molecule has 0 spiro atoms. The Morgan fingerprint density at radius 2 is 1.93 bits per heavy atom. The number of fused-ring (bicyclic) bond motifs is 1. The van der Waals surface area contributed by atoms with Gasteiger partial charge >= 0.3 is 0 Å². The summed E-state index contributed by atoms with van der Waals surface area (Å²) in [5.41, 5.74) is 9.11. The molecule has 1 aromatic carbocycles. The number of ether oxygens (including phenoxy) is 1. The number of nitrogens with zero attached hydrogens (tertiary/aromatic N) is 4. The van der Waals surface area contributed by atoms with E-state index < -0.39 is 0 Å². The number of hydrogen-bond donors (Lipinski definition) is 2. The maximum Gasteiger partial charge on any atom is 0.252 e. The van der Waals surface area contributed by atoms with E-state index in [1.165, 1.54) is 0 Å². The largest absolute Gasteiger partial charge is 0.497 e. The average Bonchev–Trinajstić information content (AvgIpc) is 3.05. The minimum absolute atomic E-state index is 0. The molecule has 3 rings (SSSR count). The van der Waals surface area contributed by atoms with Gasteiger partial charge in [0.2, 0.25) is 5.91 Å². The van der Waals surface area contributed by atoms with Crippen molar-refractivity contribution in [2.45, 2.75) is 33.2 Å². The molecule has 0 unspecified atom stereocenters. The number of benzene rings is 1. The van der Waals surface area contributed by atoms with Gasteiger partial charge in [0.1, 0.15) is 5.75 Å². The maximum absolute atomic E-state index is 12.3. The highest BCUT2D eigenvalue weighted by molar-refractivity contribution is 5.90. The van der Waals surface area contributed by atoms with Gasteiger partial charge in [-0.05, 0) is 50.1 Å². The second-order valence-corrected chi connectivity index (χ2v) is 5.98. The van der Waals surface area contributed by atoms with E-state index in [4.69, 9.17) is 10.5 Å². The Bertz CT molecular complexity index is 939. The third kappa shape index (κ3) is 4.53. The van der Waals surface area contributed by atoms with Crippen LogP contribution in [-0.2, 0) is 17.8 Å². The lowest BCUT2D eigenvalue weighted by Crippen LogP contribution is -2.14. The molecule has 2 heterocycles. The normalized spacial score (nSPS) is 10.5. The lowest BCUT2D eigenvalue weighted by molar-refractivity contribution is -0.116. The summed E-state index contributed by atoms with van der Waals surface area (Å²) in [4.78, 5) is 21.0. The van der Waals surface area contributed by atoms with Crippen LogP contribution in [0.15, 0.2) is 24.3 Å². The number of aryl methyl sites for hydroxylation is 2. The van der Waals surface area contributed by atoms with Crippen LogP contribution in [0.4, 0.5) is 5.69 Å². The Labute approximate surface area is 163 Å². The molecule has 0 saturated heterocycles. The van der Waals surface area contributed by atoms with Crippen LogP contribution in [0.1, 0.15) is 29.2 Å². The predicted molar refractivity (Wildman–Crippen MR) is 105 cm³/mol. The fourth-order valence-electron chi connectivity index (χ4n) is 2.83. The SMILES string of the molecule is COc1ccc(NC(=O)CCc2c(C)nc3nc(CN)nn3c2C)cc1.Cl. The summed E-state index contributed by atoms with van der Waals surface area (Å²) in [5.74, 6) is 1.77. The van der Waals surface area contributed by atoms with Crippen molar-refractivity contribution in [2.24, 2.45) is 5.73 Å². The number of rotatable bonds is 6. The van der Waals surface area contributed by atoms with E-state index in [0.717, 1.165) is 28.4 Å². The molecule has 2 aromatic heterocycles. The van der Waals surface area contributed by atoms with Crippen LogP contribution in [0.2, 0.25) is 0 Å². The number of hydrogen-bond acceptors (Lipinski definition) is 6. The first kappa shape index (κ1) is 20.6. The van der Waals surface area contributed by atoms with Gasteiger partial charge in [0.05, 0.1) is 13.7 Å². The van der Waals surface area contributed by atoms with Crippen molar-refractivity contribution in [1.82, 2.24) is 19.6 Å². The van der Waals surface area contributed by atoms with Crippen molar-refractivity contribution < 1.29 is 9.53 Å². The maximum atomic E-state index is 12.3. The van der Waals surface area contributed by atoms with E-state index in [0.29, 0.717) is 24.4 Å². The van der Waals surface area contributed by atoms with E-state index in [1.54, 1.807) is 11.6 Å². The summed E-state index contributed by atoms with van der Waals surface area (Å²) in [6.07, 6.45) is 0.916. The second-order valence-electron chi connectivity index (χ2n) is 5.98. The Hall–Kier alpha value is -2.71. The number of halogens is 1. The summed E-state index contributed by atoms with van der Waals surface area (Å²) in [5, 5.41) is 7.24. The zero-order valence-electron chi connectivity index (χ0n) is 15.5. The third-order valence-electron chi connectivity index (χ3n) is 4.25. The zero-order chi connectivity index (χ0) is 18.7. The van der Waals surface area contributed by atoms with Crippen LogP contribution >= 0.6 is 12.4 Å². The van der Waals surface area contributed by atoms with Crippen molar-refractivity contribution in [3.05, 3.63) is 47.0 Å². The number of nitrogens with one attached hydrogen (secondary N) is 1. The van der Waals surface area contributed by atoms with Crippen LogP contribution < -0.4 is 15.8 Å². The van der Waals surface area contributed by atoms with E-state index in [-0.39, 0.29) is 24.9 Å². The van der Waals surface area contributed by atoms with Crippen molar-refractivity contribution in [1.29, 1.82) is 0 Å². The Balaban J connectivity index is 0.00000261. The van der Waals surface area contributed by atoms with Gasteiger partial charge in [-0.3, -0.25) is 4.79 Å². The van der Waals surface area contributed by atoms with Gasteiger partial charge in [0.15, 0.2) is 5.82 Å². The van der Waals surface area contributed by atoms with Crippen LogP contribution in [0.3, 0.4) is 0 Å². The Morgan fingerprint density at radius 3 is 2.56 bits per heavy atom. The number of carbonyl (C=O) groups is 1. The van der Waals surface area contributed by atoms with Crippen LogP contribution in [0, 0.1) is 13.8 Å². The topological polar surface area (TPSA) is 107 Å². The highest BCUT2D eigenvalue weighted by atomic mass is 35.5. The molecule has 0 atom stereocenters. The standard InChI is InChI=1S/C18H22N6O2.ClH/c1-11-15(12(2)24-18(20-11)22-16(10-19)23-24)8-9-17(25)21-13-4-6-14(26-3)7-5-13;/h4-7H,8-10,19H2,1-3H3,(H,21,25);1H. The Morgan fingerprint density at radius 1 is 1.22 bits per heavy atom. The molecule has 1 amide bonds. The summed E-state index contributed by atoms with van der Waals surface area (Å²) in [6.45, 7) is 4.13.